The van der Waals surface area contributed by atoms with Gasteiger partial charge in [-0.3, -0.25) is 0 Å². The molecule has 12 heteroatoms. The zero-order valence-electron chi connectivity index (χ0n) is 22.4. The zero-order chi connectivity index (χ0) is 29.0. The van der Waals surface area contributed by atoms with Crippen LogP contribution in [-0.4, -0.2) is 54.7 Å². The number of hydrogen-bond donors (Lipinski definition) is 2. The molecule has 3 heterocycles. The molecule has 0 bridgehead atoms. The SMILES string of the molecule is Cc1ccc2c(CS(=O)(=O)CCC(F)F)c(F)ccc2c1Oc1ncccc1-c1ccnc(N[C@H]2CCCNC2)n1. The van der Waals surface area contributed by atoms with Crippen molar-refractivity contribution < 1.29 is 26.3 Å². The number of hydrogen-bond acceptors (Lipinski definition) is 8. The topological polar surface area (TPSA) is 106 Å². The number of benzene rings is 2. The van der Waals surface area contributed by atoms with Gasteiger partial charge in [-0.2, -0.15) is 0 Å². The second-order valence-corrected chi connectivity index (χ2v) is 12.2. The monoisotopic (exact) mass is 585 g/mol. The van der Waals surface area contributed by atoms with Crippen LogP contribution in [0.5, 0.6) is 11.6 Å². The number of rotatable bonds is 10. The maximum atomic E-state index is 14.9. The van der Waals surface area contributed by atoms with Gasteiger partial charge in [-0.15, -0.1) is 0 Å². The van der Waals surface area contributed by atoms with Gasteiger partial charge in [0.1, 0.15) is 11.6 Å². The summed E-state index contributed by atoms with van der Waals surface area (Å²) in [5.74, 6) is -1.06. The van der Waals surface area contributed by atoms with Crippen molar-refractivity contribution in [1.82, 2.24) is 20.3 Å². The van der Waals surface area contributed by atoms with Crippen molar-refractivity contribution >= 4 is 26.6 Å². The lowest BCUT2D eigenvalue weighted by Gasteiger charge is -2.23. The number of halogens is 3. The number of alkyl halides is 2. The van der Waals surface area contributed by atoms with Gasteiger partial charge >= 0.3 is 0 Å². The molecule has 0 aliphatic carbocycles. The smallest absolute Gasteiger partial charge is 0.239 e. The fraction of sp³-hybridized carbons (Fsp3) is 0.345. The molecule has 8 nitrogen and oxygen atoms in total. The quantitative estimate of drug-likeness (QED) is 0.246. The number of anilines is 1. The normalized spacial score (nSPS) is 15.8. The van der Waals surface area contributed by atoms with Crippen LogP contribution in [0.1, 0.15) is 30.4 Å². The summed E-state index contributed by atoms with van der Waals surface area (Å²) in [7, 11) is -3.98. The molecular weight excluding hydrogens is 555 g/mol. The van der Waals surface area contributed by atoms with Gasteiger partial charge < -0.3 is 15.4 Å². The molecule has 41 heavy (non-hydrogen) atoms. The first kappa shape index (κ1) is 28.7. The molecule has 0 radical (unpaired) electrons. The Morgan fingerprint density at radius 1 is 1.10 bits per heavy atom. The van der Waals surface area contributed by atoms with Crippen LogP contribution in [0.15, 0.2) is 54.9 Å². The molecule has 1 aliphatic heterocycles. The van der Waals surface area contributed by atoms with Gasteiger partial charge in [-0.1, -0.05) is 12.1 Å². The highest BCUT2D eigenvalue weighted by Crippen LogP contribution is 2.38. The third-order valence-electron chi connectivity index (χ3n) is 6.95. The lowest BCUT2D eigenvalue weighted by Crippen LogP contribution is -2.38. The standard InChI is InChI=1S/C29H30F3N5O3S/c1-18-6-7-20-21(8-9-24(30)23(20)17-41(38,39)15-11-26(31)32)27(18)40-28-22(5-3-13-34-28)25-10-14-35-29(37-25)36-19-4-2-12-33-16-19/h3,5-10,13-14,19,26,33H,2,4,11-12,15-17H2,1H3,(H,35,36,37)/t19-/m0/s1. The Morgan fingerprint density at radius 3 is 2.71 bits per heavy atom. The molecular formula is C29H30F3N5O3S. The lowest BCUT2D eigenvalue weighted by atomic mass is 10.0. The summed E-state index contributed by atoms with van der Waals surface area (Å²) in [5, 5.41) is 7.51. The van der Waals surface area contributed by atoms with Gasteiger partial charge in [-0.25, -0.2) is 36.5 Å². The van der Waals surface area contributed by atoms with Crippen molar-refractivity contribution in [3.05, 3.63) is 71.8 Å². The van der Waals surface area contributed by atoms with Gasteiger partial charge in [0.15, 0.2) is 9.84 Å². The van der Waals surface area contributed by atoms with Crippen molar-refractivity contribution in [2.75, 3.05) is 24.2 Å². The molecule has 4 aromatic rings. The van der Waals surface area contributed by atoms with Crippen molar-refractivity contribution in [2.45, 2.75) is 44.4 Å². The summed E-state index contributed by atoms with van der Waals surface area (Å²) in [6.07, 6.45) is 1.75. The minimum atomic E-state index is -3.98. The summed E-state index contributed by atoms with van der Waals surface area (Å²) in [6.45, 7) is 3.63. The molecule has 0 unspecified atom stereocenters. The van der Waals surface area contributed by atoms with Crippen molar-refractivity contribution in [3.8, 4) is 22.9 Å². The summed E-state index contributed by atoms with van der Waals surface area (Å²) < 4.78 is 71.6. The first-order valence-corrected chi connectivity index (χ1v) is 15.1. The minimum Gasteiger partial charge on any atom is -0.437 e. The second kappa shape index (κ2) is 12.4. The van der Waals surface area contributed by atoms with E-state index >= 15 is 0 Å². The Labute approximate surface area is 236 Å². The second-order valence-electron chi connectivity index (χ2n) is 10.0. The van der Waals surface area contributed by atoms with E-state index in [1.165, 1.54) is 6.07 Å². The Morgan fingerprint density at radius 2 is 1.93 bits per heavy atom. The maximum Gasteiger partial charge on any atom is 0.239 e. The lowest BCUT2D eigenvalue weighted by molar-refractivity contribution is 0.145. The Hall–Kier alpha value is -3.77. The van der Waals surface area contributed by atoms with Gasteiger partial charge in [0.05, 0.1) is 22.8 Å². The largest absolute Gasteiger partial charge is 0.437 e. The molecule has 5 rings (SSSR count). The van der Waals surface area contributed by atoms with E-state index < -0.39 is 40.0 Å². The van der Waals surface area contributed by atoms with Crippen LogP contribution in [-0.2, 0) is 15.6 Å². The van der Waals surface area contributed by atoms with E-state index in [1.807, 2.05) is 13.0 Å². The Balaban J connectivity index is 1.48. The van der Waals surface area contributed by atoms with Crippen LogP contribution in [0.25, 0.3) is 22.0 Å². The van der Waals surface area contributed by atoms with Crippen LogP contribution in [0.2, 0.25) is 0 Å². The number of pyridine rings is 1. The highest BCUT2D eigenvalue weighted by molar-refractivity contribution is 7.90. The van der Waals surface area contributed by atoms with E-state index in [1.54, 1.807) is 36.7 Å². The van der Waals surface area contributed by atoms with Crippen LogP contribution in [0.4, 0.5) is 19.1 Å². The van der Waals surface area contributed by atoms with Crippen LogP contribution in [0, 0.1) is 12.7 Å². The van der Waals surface area contributed by atoms with Crippen LogP contribution in [0.3, 0.4) is 0 Å². The average molecular weight is 586 g/mol. The average Bonchev–Trinajstić information content (AvgIpc) is 2.96. The number of nitrogens with zero attached hydrogens (tertiary/aromatic N) is 3. The van der Waals surface area contributed by atoms with E-state index in [0.717, 1.165) is 32.0 Å². The van der Waals surface area contributed by atoms with Crippen molar-refractivity contribution in [1.29, 1.82) is 0 Å². The predicted molar refractivity (Wildman–Crippen MR) is 152 cm³/mol. The molecule has 2 N–H and O–H groups in total. The van der Waals surface area contributed by atoms with Gasteiger partial charge in [0.25, 0.3) is 0 Å². The molecule has 1 fully saturated rings. The number of ether oxygens (including phenoxy) is 1. The van der Waals surface area contributed by atoms with E-state index in [9.17, 15) is 21.6 Å². The fourth-order valence-electron chi connectivity index (χ4n) is 4.87. The maximum absolute atomic E-state index is 14.9. The number of fused-ring (bicyclic) bond motifs is 1. The molecule has 1 saturated heterocycles. The summed E-state index contributed by atoms with van der Waals surface area (Å²) in [5.41, 5.74) is 1.81. The van der Waals surface area contributed by atoms with Crippen molar-refractivity contribution in [2.24, 2.45) is 0 Å². The first-order chi connectivity index (χ1) is 19.7. The first-order valence-electron chi connectivity index (χ1n) is 13.3. The summed E-state index contributed by atoms with van der Waals surface area (Å²) in [6, 6.07) is 11.5. The van der Waals surface area contributed by atoms with E-state index in [2.05, 4.69) is 25.6 Å². The summed E-state index contributed by atoms with van der Waals surface area (Å²) >= 11 is 0. The zero-order valence-corrected chi connectivity index (χ0v) is 23.2. The van der Waals surface area contributed by atoms with E-state index in [0.29, 0.717) is 39.3 Å². The molecule has 2 aromatic carbocycles. The highest BCUT2D eigenvalue weighted by atomic mass is 32.2. The number of aromatic nitrogens is 3. The molecule has 0 saturated carbocycles. The fourth-order valence-corrected chi connectivity index (χ4v) is 6.28. The number of nitrogens with one attached hydrogen (secondary N) is 2. The number of aryl methyl sites for hydroxylation is 1. The number of piperidine rings is 1. The van der Waals surface area contributed by atoms with Crippen molar-refractivity contribution in [3.63, 3.8) is 0 Å². The van der Waals surface area contributed by atoms with E-state index in [-0.39, 0.29) is 17.5 Å². The van der Waals surface area contributed by atoms with Gasteiger partial charge in [-0.05, 0) is 67.6 Å². The Bertz CT molecular complexity index is 1650. The molecule has 1 atom stereocenters. The van der Waals surface area contributed by atoms with Gasteiger partial charge in [0, 0.05) is 42.4 Å². The van der Waals surface area contributed by atoms with Gasteiger partial charge in [0.2, 0.25) is 18.3 Å². The molecule has 2 aromatic heterocycles. The Kier molecular flexibility index (Phi) is 8.69. The van der Waals surface area contributed by atoms with Crippen LogP contribution >= 0.6 is 0 Å². The van der Waals surface area contributed by atoms with Crippen LogP contribution < -0.4 is 15.4 Å². The third kappa shape index (κ3) is 6.94. The third-order valence-corrected chi connectivity index (χ3v) is 8.53. The predicted octanol–water partition coefficient (Wildman–Crippen LogP) is 5.67. The minimum absolute atomic E-state index is 0.0911. The highest BCUT2D eigenvalue weighted by Gasteiger charge is 2.22. The molecule has 0 amide bonds. The molecule has 0 spiro atoms. The summed E-state index contributed by atoms with van der Waals surface area (Å²) in [4.78, 5) is 13.5. The van der Waals surface area contributed by atoms with E-state index in [4.69, 9.17) is 4.74 Å². The molecule has 1 aliphatic rings. The molecule has 216 valence electrons. The number of sulfone groups is 1.